The Morgan fingerprint density at radius 1 is 0.913 bits per heavy atom. The summed E-state index contributed by atoms with van der Waals surface area (Å²) in [5, 5.41) is 0. The average molecular weight is 312 g/mol. The van der Waals surface area contributed by atoms with Crippen molar-refractivity contribution in [2.45, 2.75) is 20.8 Å². The van der Waals surface area contributed by atoms with Crippen molar-refractivity contribution in [3.05, 3.63) is 64.7 Å². The van der Waals surface area contributed by atoms with Gasteiger partial charge in [-0.2, -0.15) is 0 Å². The van der Waals surface area contributed by atoms with Gasteiger partial charge < -0.3 is 4.74 Å². The number of carbonyl (C=O) groups excluding carboxylic acids is 2. The molecule has 120 valence electrons. The van der Waals surface area contributed by atoms with E-state index in [1.807, 2.05) is 45.0 Å². The Bertz CT molecular complexity index is 709. The summed E-state index contributed by atoms with van der Waals surface area (Å²) in [7, 11) is 0. The number of hydrazine groups is 1. The van der Waals surface area contributed by atoms with Gasteiger partial charge in [0.15, 0.2) is 6.61 Å². The zero-order valence-corrected chi connectivity index (χ0v) is 13.5. The van der Waals surface area contributed by atoms with Crippen LogP contribution in [0.4, 0.5) is 0 Å². The first kappa shape index (κ1) is 16.5. The molecule has 0 bridgehead atoms. The molecule has 0 aromatic heterocycles. The molecule has 2 amide bonds. The van der Waals surface area contributed by atoms with Crippen LogP contribution in [-0.2, 0) is 4.79 Å². The van der Waals surface area contributed by atoms with E-state index in [1.165, 1.54) is 0 Å². The maximum atomic E-state index is 11.9. The normalized spacial score (nSPS) is 10.0. The molecule has 0 atom stereocenters. The average Bonchev–Trinajstić information content (AvgIpc) is 2.54. The van der Waals surface area contributed by atoms with Gasteiger partial charge in [0.05, 0.1) is 0 Å². The van der Waals surface area contributed by atoms with Crippen molar-refractivity contribution < 1.29 is 14.3 Å². The van der Waals surface area contributed by atoms with Crippen LogP contribution in [0.5, 0.6) is 5.75 Å². The molecule has 5 heteroatoms. The Kier molecular flexibility index (Phi) is 5.36. The second-order valence-electron chi connectivity index (χ2n) is 5.40. The molecule has 0 aliphatic carbocycles. The SMILES string of the molecule is Cc1ccc(C(=O)NNC(=O)COc2ccc(C)c(C)c2)cc1. The van der Waals surface area contributed by atoms with Gasteiger partial charge in [0, 0.05) is 5.56 Å². The highest BCUT2D eigenvalue weighted by Gasteiger charge is 2.08. The van der Waals surface area contributed by atoms with Crippen LogP contribution < -0.4 is 15.6 Å². The summed E-state index contributed by atoms with van der Waals surface area (Å²) in [5.41, 5.74) is 8.48. The highest BCUT2D eigenvalue weighted by atomic mass is 16.5. The topological polar surface area (TPSA) is 67.4 Å². The van der Waals surface area contributed by atoms with E-state index in [-0.39, 0.29) is 12.5 Å². The zero-order chi connectivity index (χ0) is 16.8. The molecule has 2 rings (SSSR count). The van der Waals surface area contributed by atoms with Gasteiger partial charge in [-0.25, -0.2) is 0 Å². The molecule has 5 nitrogen and oxygen atoms in total. The molecule has 0 heterocycles. The van der Waals surface area contributed by atoms with Crippen LogP contribution in [0.1, 0.15) is 27.0 Å². The van der Waals surface area contributed by atoms with Crippen molar-refractivity contribution in [1.82, 2.24) is 10.9 Å². The largest absolute Gasteiger partial charge is 0.484 e. The molecular formula is C18H20N2O3. The summed E-state index contributed by atoms with van der Waals surface area (Å²) >= 11 is 0. The fourth-order valence-electron chi connectivity index (χ4n) is 1.89. The van der Waals surface area contributed by atoms with Crippen LogP contribution in [0.15, 0.2) is 42.5 Å². The number of amides is 2. The van der Waals surface area contributed by atoms with E-state index >= 15 is 0 Å². The molecule has 0 radical (unpaired) electrons. The number of hydrogen-bond donors (Lipinski definition) is 2. The molecule has 23 heavy (non-hydrogen) atoms. The minimum absolute atomic E-state index is 0.170. The van der Waals surface area contributed by atoms with Crippen molar-refractivity contribution in [3.63, 3.8) is 0 Å². The van der Waals surface area contributed by atoms with E-state index in [4.69, 9.17) is 4.74 Å². The predicted octanol–water partition coefficient (Wildman–Crippen LogP) is 2.45. The third-order valence-electron chi connectivity index (χ3n) is 3.48. The number of benzene rings is 2. The van der Waals surface area contributed by atoms with E-state index in [1.54, 1.807) is 18.2 Å². The van der Waals surface area contributed by atoms with Gasteiger partial charge in [0.25, 0.3) is 11.8 Å². The zero-order valence-electron chi connectivity index (χ0n) is 13.5. The molecule has 2 aromatic rings. The van der Waals surface area contributed by atoms with E-state index in [2.05, 4.69) is 10.9 Å². The maximum absolute atomic E-state index is 11.9. The van der Waals surface area contributed by atoms with E-state index in [0.29, 0.717) is 11.3 Å². The lowest BCUT2D eigenvalue weighted by molar-refractivity contribution is -0.123. The van der Waals surface area contributed by atoms with Gasteiger partial charge in [-0.3, -0.25) is 20.4 Å². The number of aryl methyl sites for hydroxylation is 3. The Labute approximate surface area is 135 Å². The Hall–Kier alpha value is -2.82. The molecule has 0 saturated heterocycles. The summed E-state index contributed by atoms with van der Waals surface area (Å²) in [6.45, 7) is 5.75. The second kappa shape index (κ2) is 7.45. The van der Waals surface area contributed by atoms with Gasteiger partial charge >= 0.3 is 0 Å². The fraction of sp³-hybridized carbons (Fsp3) is 0.222. The number of carbonyl (C=O) groups is 2. The number of hydrogen-bond acceptors (Lipinski definition) is 3. The predicted molar refractivity (Wildman–Crippen MR) is 88.2 cm³/mol. The molecule has 0 fully saturated rings. The summed E-state index contributed by atoms with van der Waals surface area (Å²) in [6, 6.07) is 12.7. The first-order chi connectivity index (χ1) is 11.0. The summed E-state index contributed by atoms with van der Waals surface area (Å²) in [5.74, 6) is -0.179. The van der Waals surface area contributed by atoms with Crippen molar-refractivity contribution in [2.24, 2.45) is 0 Å². The van der Waals surface area contributed by atoms with Crippen LogP contribution in [0.3, 0.4) is 0 Å². The first-order valence-corrected chi connectivity index (χ1v) is 7.31. The summed E-state index contributed by atoms with van der Waals surface area (Å²) in [4.78, 5) is 23.6. The van der Waals surface area contributed by atoms with Gasteiger partial charge in [-0.05, 0) is 56.2 Å². The molecule has 2 aromatic carbocycles. The third kappa shape index (κ3) is 4.85. The van der Waals surface area contributed by atoms with Gasteiger partial charge in [0.2, 0.25) is 0 Å². The quantitative estimate of drug-likeness (QED) is 0.852. The van der Waals surface area contributed by atoms with E-state index < -0.39 is 5.91 Å². The molecule has 0 aliphatic rings. The van der Waals surface area contributed by atoms with Crippen LogP contribution in [0.2, 0.25) is 0 Å². The van der Waals surface area contributed by atoms with Crippen molar-refractivity contribution >= 4 is 11.8 Å². The Morgan fingerprint density at radius 2 is 1.61 bits per heavy atom. The highest BCUT2D eigenvalue weighted by molar-refractivity contribution is 5.95. The highest BCUT2D eigenvalue weighted by Crippen LogP contribution is 2.16. The minimum Gasteiger partial charge on any atom is -0.484 e. The molecule has 2 N–H and O–H groups in total. The molecule has 0 aliphatic heterocycles. The Balaban J connectivity index is 1.79. The van der Waals surface area contributed by atoms with Crippen molar-refractivity contribution in [2.75, 3.05) is 6.61 Å². The molecule has 0 spiro atoms. The monoisotopic (exact) mass is 312 g/mol. The minimum atomic E-state index is -0.427. The number of nitrogens with one attached hydrogen (secondary N) is 2. The molecule has 0 unspecified atom stereocenters. The van der Waals surface area contributed by atoms with Crippen LogP contribution >= 0.6 is 0 Å². The second-order valence-corrected chi connectivity index (χ2v) is 5.40. The van der Waals surface area contributed by atoms with Crippen LogP contribution in [-0.4, -0.2) is 18.4 Å². The standard InChI is InChI=1S/C18H20N2O3/c1-12-4-7-15(8-5-12)18(22)20-19-17(21)11-23-16-9-6-13(2)14(3)10-16/h4-10H,11H2,1-3H3,(H,19,21)(H,20,22). The smallest absolute Gasteiger partial charge is 0.276 e. The van der Waals surface area contributed by atoms with Gasteiger partial charge in [-0.15, -0.1) is 0 Å². The fourth-order valence-corrected chi connectivity index (χ4v) is 1.89. The maximum Gasteiger partial charge on any atom is 0.276 e. The number of rotatable bonds is 4. The lowest BCUT2D eigenvalue weighted by Crippen LogP contribution is -2.43. The van der Waals surface area contributed by atoms with Crippen molar-refractivity contribution in [1.29, 1.82) is 0 Å². The first-order valence-electron chi connectivity index (χ1n) is 7.31. The lowest BCUT2D eigenvalue weighted by atomic mass is 10.1. The Morgan fingerprint density at radius 3 is 2.26 bits per heavy atom. The van der Waals surface area contributed by atoms with Gasteiger partial charge in [-0.1, -0.05) is 23.8 Å². The lowest BCUT2D eigenvalue weighted by Gasteiger charge is -2.10. The van der Waals surface area contributed by atoms with E-state index in [9.17, 15) is 9.59 Å². The molecular weight excluding hydrogens is 292 g/mol. The summed E-state index contributed by atoms with van der Waals surface area (Å²) < 4.78 is 5.39. The van der Waals surface area contributed by atoms with Gasteiger partial charge in [0.1, 0.15) is 5.75 Å². The van der Waals surface area contributed by atoms with Crippen LogP contribution in [0.25, 0.3) is 0 Å². The van der Waals surface area contributed by atoms with E-state index in [0.717, 1.165) is 16.7 Å². The third-order valence-corrected chi connectivity index (χ3v) is 3.48. The van der Waals surface area contributed by atoms with Crippen molar-refractivity contribution in [3.8, 4) is 5.75 Å². The number of ether oxygens (including phenoxy) is 1. The van der Waals surface area contributed by atoms with Crippen LogP contribution in [0, 0.1) is 20.8 Å². The molecule has 0 saturated carbocycles. The summed E-state index contributed by atoms with van der Waals surface area (Å²) in [6.07, 6.45) is 0.